The fraction of sp³-hybridized carbons (Fsp3) is 0.100. The van der Waals surface area contributed by atoms with Crippen LogP contribution in [0.5, 0.6) is 5.75 Å². The van der Waals surface area contributed by atoms with Crippen molar-refractivity contribution in [2.24, 2.45) is 5.14 Å². The third kappa shape index (κ3) is 6.35. The lowest BCUT2D eigenvalue weighted by Gasteiger charge is -2.11. The Morgan fingerprint density at radius 1 is 1.18 bits per heavy atom. The van der Waals surface area contributed by atoms with E-state index in [0.717, 1.165) is 0 Å². The SMILES string of the molecule is NS(=O)(=O)c1ccc(NC(=O)COc2ccc(Cl)cc2/C=C2\SC(=O)N(CC(=O)O)C2=O)cc1. The van der Waals surface area contributed by atoms with Crippen LogP contribution < -0.4 is 15.2 Å². The van der Waals surface area contributed by atoms with E-state index < -0.39 is 46.2 Å². The fourth-order valence-corrected chi connectivity index (χ4v) is 4.27. The molecule has 0 aromatic heterocycles. The van der Waals surface area contributed by atoms with Crippen molar-refractivity contribution in [3.63, 3.8) is 0 Å². The standard InChI is InChI=1S/C20H16ClN3O8S2/c21-12-1-6-15(11(7-12)8-16-19(28)24(9-18(26)27)20(29)33-16)32-10-17(25)23-13-2-4-14(5-3-13)34(22,30)31/h1-8H,9-10H2,(H,23,25)(H,26,27)(H2,22,30,31)/b16-8-. The van der Waals surface area contributed by atoms with Gasteiger partial charge in [0.25, 0.3) is 17.1 Å². The number of imide groups is 1. The number of halogens is 1. The minimum Gasteiger partial charge on any atom is -0.483 e. The summed E-state index contributed by atoms with van der Waals surface area (Å²) in [6, 6.07) is 9.60. The number of ether oxygens (including phenoxy) is 1. The van der Waals surface area contributed by atoms with Crippen LogP contribution in [0.2, 0.25) is 5.02 Å². The lowest BCUT2D eigenvalue weighted by Crippen LogP contribution is -2.33. The van der Waals surface area contributed by atoms with Crippen LogP contribution in [0.1, 0.15) is 5.56 Å². The number of hydrogen-bond donors (Lipinski definition) is 3. The zero-order valence-corrected chi connectivity index (χ0v) is 19.4. The molecule has 1 aliphatic heterocycles. The van der Waals surface area contributed by atoms with Crippen LogP contribution in [0.4, 0.5) is 10.5 Å². The normalized spacial score (nSPS) is 15.0. The summed E-state index contributed by atoms with van der Waals surface area (Å²) < 4.78 is 28.1. The molecule has 3 rings (SSSR count). The molecule has 0 radical (unpaired) electrons. The Kier molecular flexibility index (Phi) is 7.61. The van der Waals surface area contributed by atoms with Gasteiger partial charge in [0.05, 0.1) is 9.80 Å². The predicted octanol–water partition coefficient (Wildman–Crippen LogP) is 2.13. The Balaban J connectivity index is 1.71. The molecule has 0 atom stereocenters. The zero-order valence-electron chi connectivity index (χ0n) is 17.1. The second-order valence-electron chi connectivity index (χ2n) is 6.75. The van der Waals surface area contributed by atoms with Gasteiger partial charge < -0.3 is 15.2 Å². The molecule has 14 heteroatoms. The summed E-state index contributed by atoms with van der Waals surface area (Å²) in [6.45, 7) is -1.21. The van der Waals surface area contributed by atoms with Crippen molar-refractivity contribution in [3.05, 3.63) is 58.0 Å². The molecule has 0 saturated carbocycles. The second kappa shape index (κ2) is 10.3. The molecule has 1 saturated heterocycles. The third-order valence-corrected chi connectivity index (χ3v) is 6.32. The van der Waals surface area contributed by atoms with Crippen LogP contribution in [-0.2, 0) is 24.4 Å². The molecule has 1 heterocycles. The van der Waals surface area contributed by atoms with Gasteiger partial charge in [-0.1, -0.05) is 11.6 Å². The summed E-state index contributed by atoms with van der Waals surface area (Å²) in [7, 11) is -3.86. The number of thioether (sulfide) groups is 1. The molecular weight excluding hydrogens is 510 g/mol. The first-order valence-corrected chi connectivity index (χ1v) is 12.0. The first kappa shape index (κ1) is 25.2. The van der Waals surface area contributed by atoms with Gasteiger partial charge in [-0.15, -0.1) is 0 Å². The molecule has 0 aliphatic carbocycles. The largest absolute Gasteiger partial charge is 0.483 e. The molecule has 1 fully saturated rings. The fourth-order valence-electron chi connectivity index (χ4n) is 2.74. The highest BCUT2D eigenvalue weighted by Gasteiger charge is 2.36. The maximum absolute atomic E-state index is 12.4. The van der Waals surface area contributed by atoms with E-state index in [1.165, 1.54) is 48.5 Å². The van der Waals surface area contributed by atoms with Crippen molar-refractivity contribution in [2.75, 3.05) is 18.5 Å². The molecule has 2 aromatic rings. The van der Waals surface area contributed by atoms with Gasteiger partial charge in [0.2, 0.25) is 10.0 Å². The summed E-state index contributed by atoms with van der Waals surface area (Å²) in [4.78, 5) is 47.9. The van der Waals surface area contributed by atoms with E-state index in [1.807, 2.05) is 0 Å². The van der Waals surface area contributed by atoms with E-state index in [2.05, 4.69) is 5.32 Å². The highest BCUT2D eigenvalue weighted by molar-refractivity contribution is 8.18. The van der Waals surface area contributed by atoms with Gasteiger partial charge in [0, 0.05) is 16.3 Å². The van der Waals surface area contributed by atoms with Crippen molar-refractivity contribution >= 4 is 68.2 Å². The smallest absolute Gasteiger partial charge is 0.323 e. The van der Waals surface area contributed by atoms with Gasteiger partial charge in [-0.05, 0) is 60.3 Å². The monoisotopic (exact) mass is 525 g/mol. The molecular formula is C20H16ClN3O8S2. The number of nitrogens with zero attached hydrogens (tertiary/aromatic N) is 1. The lowest BCUT2D eigenvalue weighted by molar-refractivity contribution is -0.140. The van der Waals surface area contributed by atoms with Gasteiger partial charge in [-0.25, -0.2) is 13.6 Å². The number of nitrogens with two attached hydrogens (primary N) is 1. The summed E-state index contributed by atoms with van der Waals surface area (Å²) in [6.07, 6.45) is 1.32. The van der Waals surface area contributed by atoms with Crippen molar-refractivity contribution in [1.29, 1.82) is 0 Å². The number of primary sulfonamides is 1. The Bertz CT molecular complexity index is 1310. The van der Waals surface area contributed by atoms with E-state index >= 15 is 0 Å². The molecule has 2 aromatic carbocycles. The lowest BCUT2D eigenvalue weighted by atomic mass is 10.2. The Hall–Kier alpha value is -3.39. The third-order valence-electron chi connectivity index (χ3n) is 4.25. The molecule has 11 nitrogen and oxygen atoms in total. The number of hydrogen-bond acceptors (Lipinski definition) is 8. The van der Waals surface area contributed by atoms with Crippen molar-refractivity contribution in [3.8, 4) is 5.75 Å². The zero-order chi connectivity index (χ0) is 25.0. The molecule has 3 amide bonds. The number of sulfonamides is 1. The Morgan fingerprint density at radius 2 is 1.85 bits per heavy atom. The van der Waals surface area contributed by atoms with Crippen LogP contribution >= 0.6 is 23.4 Å². The number of carboxylic acid groups (broad SMARTS) is 1. The predicted molar refractivity (Wildman–Crippen MR) is 124 cm³/mol. The number of carbonyl (C=O) groups is 4. The van der Waals surface area contributed by atoms with Crippen molar-refractivity contribution < 1.29 is 37.4 Å². The maximum atomic E-state index is 12.4. The van der Waals surface area contributed by atoms with Crippen LogP contribution in [0, 0.1) is 0 Å². The van der Waals surface area contributed by atoms with E-state index in [4.69, 9.17) is 26.6 Å². The van der Waals surface area contributed by atoms with Crippen LogP contribution in [0.15, 0.2) is 52.3 Å². The average molecular weight is 526 g/mol. The van der Waals surface area contributed by atoms with E-state index in [9.17, 15) is 27.6 Å². The minimum absolute atomic E-state index is 0.0298. The molecule has 0 bridgehead atoms. The highest BCUT2D eigenvalue weighted by atomic mass is 35.5. The number of nitrogens with one attached hydrogen (secondary N) is 1. The Labute approximate surface area is 202 Å². The summed E-state index contributed by atoms with van der Waals surface area (Å²) in [5.41, 5.74) is 0.600. The van der Waals surface area contributed by atoms with E-state index in [1.54, 1.807) is 0 Å². The quantitative estimate of drug-likeness (QED) is 0.436. The van der Waals surface area contributed by atoms with Gasteiger partial charge in [0.15, 0.2) is 6.61 Å². The molecule has 1 aliphatic rings. The number of rotatable bonds is 8. The highest BCUT2D eigenvalue weighted by Crippen LogP contribution is 2.34. The second-order valence-corrected chi connectivity index (χ2v) is 9.74. The molecule has 0 spiro atoms. The summed E-state index contributed by atoms with van der Waals surface area (Å²) in [5, 5.41) is 16.0. The first-order valence-electron chi connectivity index (χ1n) is 9.26. The number of aliphatic carboxylic acids is 1. The molecule has 0 unspecified atom stereocenters. The molecule has 178 valence electrons. The average Bonchev–Trinajstić information content (AvgIpc) is 3.00. The van der Waals surface area contributed by atoms with Crippen molar-refractivity contribution in [1.82, 2.24) is 4.90 Å². The van der Waals surface area contributed by atoms with Crippen LogP contribution in [0.25, 0.3) is 6.08 Å². The number of anilines is 1. The van der Waals surface area contributed by atoms with Gasteiger partial charge in [-0.2, -0.15) is 0 Å². The number of carboxylic acids is 1. The number of amides is 3. The van der Waals surface area contributed by atoms with Gasteiger partial charge in [0.1, 0.15) is 12.3 Å². The topological polar surface area (TPSA) is 173 Å². The molecule has 34 heavy (non-hydrogen) atoms. The minimum atomic E-state index is -3.86. The van der Waals surface area contributed by atoms with Crippen molar-refractivity contribution in [2.45, 2.75) is 4.90 Å². The Morgan fingerprint density at radius 3 is 2.47 bits per heavy atom. The van der Waals surface area contributed by atoms with E-state index in [0.29, 0.717) is 32.9 Å². The summed E-state index contributed by atoms with van der Waals surface area (Å²) >= 11 is 6.58. The number of benzene rings is 2. The summed E-state index contributed by atoms with van der Waals surface area (Å²) in [5.74, 6) is -2.50. The molecule has 4 N–H and O–H groups in total. The van der Waals surface area contributed by atoms with Gasteiger partial charge >= 0.3 is 5.97 Å². The van der Waals surface area contributed by atoms with Crippen LogP contribution in [-0.4, -0.2) is 54.6 Å². The number of carbonyl (C=O) groups excluding carboxylic acids is 3. The first-order chi connectivity index (χ1) is 15.9. The van der Waals surface area contributed by atoms with Crippen LogP contribution in [0.3, 0.4) is 0 Å². The van der Waals surface area contributed by atoms with E-state index in [-0.39, 0.29) is 15.6 Å². The maximum Gasteiger partial charge on any atom is 0.323 e. The van der Waals surface area contributed by atoms with Gasteiger partial charge in [-0.3, -0.25) is 24.1 Å².